The molecule has 0 aromatic heterocycles. The van der Waals surface area contributed by atoms with E-state index in [-0.39, 0.29) is 29.7 Å². The molecular weight excluding hydrogens is 458 g/mol. The fourth-order valence-corrected chi connectivity index (χ4v) is 7.40. The van der Waals surface area contributed by atoms with Crippen LogP contribution in [0.4, 0.5) is 5.69 Å². The molecular formula is C32H37N3O2. The summed E-state index contributed by atoms with van der Waals surface area (Å²) < 4.78 is 0. The van der Waals surface area contributed by atoms with E-state index in [4.69, 9.17) is 0 Å². The smallest absolute Gasteiger partial charge is 0.238 e. The van der Waals surface area contributed by atoms with Gasteiger partial charge in [0.2, 0.25) is 5.91 Å². The van der Waals surface area contributed by atoms with Crippen LogP contribution in [0.25, 0.3) is 10.8 Å². The highest BCUT2D eigenvalue weighted by atomic mass is 16.2. The summed E-state index contributed by atoms with van der Waals surface area (Å²) >= 11 is 0. The predicted octanol–water partition coefficient (Wildman–Crippen LogP) is 4.64. The number of nitrogens with zero attached hydrogens (tertiary/aromatic N) is 2. The second-order valence-electron chi connectivity index (χ2n) is 11.8. The van der Waals surface area contributed by atoms with Crippen LogP contribution in [0.1, 0.15) is 49.8 Å². The van der Waals surface area contributed by atoms with Gasteiger partial charge in [-0.1, -0.05) is 54.6 Å². The third-order valence-corrected chi connectivity index (χ3v) is 9.19. The van der Waals surface area contributed by atoms with E-state index in [1.54, 1.807) is 7.05 Å². The van der Waals surface area contributed by atoms with Gasteiger partial charge in [-0.15, -0.1) is 0 Å². The van der Waals surface area contributed by atoms with Crippen LogP contribution >= 0.6 is 0 Å². The molecule has 37 heavy (non-hydrogen) atoms. The number of benzene rings is 3. The van der Waals surface area contributed by atoms with Gasteiger partial charge in [0, 0.05) is 36.8 Å². The summed E-state index contributed by atoms with van der Waals surface area (Å²) in [5, 5.41) is 5.74. The maximum Gasteiger partial charge on any atom is 0.238 e. The molecule has 1 unspecified atom stereocenters. The largest absolute Gasteiger partial charge is 0.313 e. The molecule has 1 saturated heterocycles. The van der Waals surface area contributed by atoms with E-state index in [0.717, 1.165) is 50.0 Å². The Hall–Kier alpha value is -3.02. The summed E-state index contributed by atoms with van der Waals surface area (Å²) in [6, 6.07) is 21.7. The minimum atomic E-state index is -0.792. The molecule has 2 aliphatic heterocycles. The number of ketones is 1. The molecule has 6 rings (SSSR count). The van der Waals surface area contributed by atoms with Gasteiger partial charge in [-0.3, -0.25) is 14.5 Å². The van der Waals surface area contributed by atoms with Gasteiger partial charge < -0.3 is 10.2 Å². The Balaban J connectivity index is 1.21. The van der Waals surface area contributed by atoms with Crippen molar-refractivity contribution in [2.45, 2.75) is 62.9 Å². The molecule has 1 amide bonds. The second kappa shape index (κ2) is 9.07. The first-order valence-corrected chi connectivity index (χ1v) is 13.7. The summed E-state index contributed by atoms with van der Waals surface area (Å²) in [6.07, 6.45) is 4.25. The normalized spacial score (nSPS) is 23.4. The van der Waals surface area contributed by atoms with E-state index >= 15 is 0 Å². The number of hydrogen-bond donors (Lipinski definition) is 1. The molecule has 0 spiro atoms. The highest BCUT2D eigenvalue weighted by Crippen LogP contribution is 2.46. The predicted molar refractivity (Wildman–Crippen MR) is 149 cm³/mol. The zero-order valence-electron chi connectivity index (χ0n) is 22.2. The first-order valence-electron chi connectivity index (χ1n) is 13.7. The fourth-order valence-electron chi connectivity index (χ4n) is 7.40. The number of anilines is 1. The van der Waals surface area contributed by atoms with E-state index in [0.29, 0.717) is 6.54 Å². The molecule has 1 atom stereocenters. The number of para-hydroxylation sites is 1. The average Bonchev–Trinajstić information content (AvgIpc) is 3.11. The Labute approximate surface area is 219 Å². The Kier molecular flexibility index (Phi) is 5.96. The van der Waals surface area contributed by atoms with Gasteiger partial charge in [-0.25, -0.2) is 0 Å². The average molecular weight is 496 g/mol. The van der Waals surface area contributed by atoms with Crippen molar-refractivity contribution in [1.29, 1.82) is 0 Å². The summed E-state index contributed by atoms with van der Waals surface area (Å²) in [7, 11) is 1.77. The standard InChI is InChI=1S/C32H37N3O2/c1-31(18-23-10-6-8-22-9-7-11-24(19-31)29(22)23)34-16-14-25(15-17-34)35-28-13-5-4-12-27(28)32(2,30(35)37)20-26(36)21-33-3/h4-13,25,33H,14-21H2,1-3H3. The lowest BCUT2D eigenvalue weighted by molar-refractivity contribution is -0.128. The van der Waals surface area contributed by atoms with E-state index in [1.165, 1.54) is 21.9 Å². The summed E-state index contributed by atoms with van der Waals surface area (Å²) in [4.78, 5) is 31.3. The third-order valence-electron chi connectivity index (χ3n) is 9.19. The molecule has 3 aromatic carbocycles. The first-order chi connectivity index (χ1) is 17.8. The number of Topliss-reactive ketones (excluding diaryl/α,β-unsaturated/α-hetero) is 1. The number of carbonyl (C=O) groups excluding carboxylic acids is 2. The number of likely N-dealkylation sites (N-methyl/N-ethyl adjacent to an activating group) is 1. The number of likely N-dealkylation sites (tertiary alicyclic amines) is 1. The van der Waals surface area contributed by atoms with Crippen LogP contribution in [0.15, 0.2) is 60.7 Å². The number of hydrogen-bond acceptors (Lipinski definition) is 4. The Bertz CT molecular complexity index is 1330. The van der Waals surface area contributed by atoms with Crippen LogP contribution in [-0.4, -0.2) is 54.9 Å². The van der Waals surface area contributed by atoms with E-state index in [2.05, 4.69) is 59.6 Å². The van der Waals surface area contributed by atoms with Crippen molar-refractivity contribution in [3.8, 4) is 0 Å². The lowest BCUT2D eigenvalue weighted by atomic mass is 9.76. The van der Waals surface area contributed by atoms with Crippen molar-refractivity contribution in [3.05, 3.63) is 77.4 Å². The van der Waals surface area contributed by atoms with E-state index in [1.807, 2.05) is 30.0 Å². The highest BCUT2D eigenvalue weighted by molar-refractivity contribution is 6.10. The second-order valence-corrected chi connectivity index (χ2v) is 11.8. The van der Waals surface area contributed by atoms with Crippen LogP contribution in [0, 0.1) is 0 Å². The van der Waals surface area contributed by atoms with Crippen molar-refractivity contribution < 1.29 is 9.59 Å². The summed E-state index contributed by atoms with van der Waals surface area (Å²) in [6.45, 7) is 6.61. The molecule has 5 heteroatoms. The fraction of sp³-hybridized carbons (Fsp3) is 0.438. The van der Waals surface area contributed by atoms with Crippen molar-refractivity contribution in [1.82, 2.24) is 10.2 Å². The van der Waals surface area contributed by atoms with Crippen molar-refractivity contribution >= 4 is 28.2 Å². The van der Waals surface area contributed by atoms with Gasteiger partial charge in [0.15, 0.2) is 0 Å². The maximum absolute atomic E-state index is 14.0. The highest BCUT2D eigenvalue weighted by Gasteiger charge is 2.51. The lowest BCUT2D eigenvalue weighted by Crippen LogP contribution is -2.57. The minimum Gasteiger partial charge on any atom is -0.313 e. The molecule has 3 aliphatic rings. The number of nitrogens with one attached hydrogen (secondary N) is 1. The van der Waals surface area contributed by atoms with Gasteiger partial charge in [0.1, 0.15) is 5.78 Å². The lowest BCUT2D eigenvalue weighted by Gasteiger charge is -2.48. The minimum absolute atomic E-state index is 0.0744. The molecule has 1 aliphatic carbocycles. The van der Waals surface area contributed by atoms with Crippen LogP contribution in [0.5, 0.6) is 0 Å². The zero-order valence-corrected chi connectivity index (χ0v) is 22.2. The monoisotopic (exact) mass is 495 g/mol. The van der Waals surface area contributed by atoms with Gasteiger partial charge in [-0.2, -0.15) is 0 Å². The molecule has 0 radical (unpaired) electrons. The number of carbonyl (C=O) groups is 2. The van der Waals surface area contributed by atoms with Gasteiger partial charge >= 0.3 is 0 Å². The molecule has 2 heterocycles. The zero-order chi connectivity index (χ0) is 25.8. The molecule has 1 N–H and O–H groups in total. The van der Waals surface area contributed by atoms with E-state index < -0.39 is 5.41 Å². The number of piperidine rings is 1. The van der Waals surface area contributed by atoms with Crippen LogP contribution in [-0.2, 0) is 27.8 Å². The molecule has 5 nitrogen and oxygen atoms in total. The van der Waals surface area contributed by atoms with Gasteiger partial charge in [0.05, 0.1) is 12.0 Å². The first kappa shape index (κ1) is 24.3. The van der Waals surface area contributed by atoms with Crippen molar-refractivity contribution in [2.24, 2.45) is 0 Å². The van der Waals surface area contributed by atoms with Crippen LogP contribution in [0.3, 0.4) is 0 Å². The Morgan fingerprint density at radius 1 is 0.946 bits per heavy atom. The molecule has 0 bridgehead atoms. The molecule has 1 fully saturated rings. The quantitative estimate of drug-likeness (QED) is 0.541. The maximum atomic E-state index is 14.0. The SMILES string of the molecule is CNCC(=O)CC1(C)C(=O)N(C2CCN(C3(C)Cc4cccc5cccc(c45)C3)CC2)c2ccccc21. The molecule has 192 valence electrons. The topological polar surface area (TPSA) is 52.7 Å². The van der Waals surface area contributed by atoms with Crippen LogP contribution < -0.4 is 10.2 Å². The number of amides is 1. The third kappa shape index (κ3) is 3.91. The number of rotatable bonds is 6. The van der Waals surface area contributed by atoms with Crippen molar-refractivity contribution in [2.75, 3.05) is 31.6 Å². The summed E-state index contributed by atoms with van der Waals surface area (Å²) in [5.41, 5.74) is 4.18. The van der Waals surface area contributed by atoms with Gasteiger partial charge in [-0.05, 0) is 80.1 Å². The van der Waals surface area contributed by atoms with Gasteiger partial charge in [0.25, 0.3) is 0 Å². The Morgan fingerprint density at radius 3 is 2.24 bits per heavy atom. The number of fused-ring (bicyclic) bond motifs is 1. The van der Waals surface area contributed by atoms with E-state index in [9.17, 15) is 9.59 Å². The molecule has 0 saturated carbocycles. The summed E-state index contributed by atoms with van der Waals surface area (Å²) in [5.74, 6) is 0.159. The van der Waals surface area contributed by atoms with Crippen LogP contribution in [0.2, 0.25) is 0 Å². The Morgan fingerprint density at radius 2 is 1.59 bits per heavy atom. The molecule has 3 aromatic rings. The van der Waals surface area contributed by atoms with Crippen molar-refractivity contribution in [3.63, 3.8) is 0 Å².